The van der Waals surface area contributed by atoms with Crippen LogP contribution in [0.3, 0.4) is 0 Å². The van der Waals surface area contributed by atoms with Gasteiger partial charge in [0, 0.05) is 32.1 Å². The lowest BCUT2D eigenvalue weighted by Crippen LogP contribution is -2.30. The molecule has 1 heterocycles. The Morgan fingerprint density at radius 3 is 3.10 bits per heavy atom. The Balaban J connectivity index is 1.95. The van der Waals surface area contributed by atoms with Crippen LogP contribution in [0.5, 0.6) is 0 Å². The maximum atomic E-state index is 11.8. The molecule has 20 heavy (non-hydrogen) atoms. The number of nitrogens with one attached hydrogen (secondary N) is 2. The molecule has 0 saturated carbocycles. The Morgan fingerprint density at radius 1 is 1.50 bits per heavy atom. The average molecular weight is 279 g/mol. The van der Waals surface area contributed by atoms with E-state index in [0.717, 1.165) is 13.0 Å². The first-order valence-corrected chi connectivity index (χ1v) is 7.42. The summed E-state index contributed by atoms with van der Waals surface area (Å²) in [5.41, 5.74) is 2.75. The van der Waals surface area contributed by atoms with Crippen LogP contribution in [0.2, 0.25) is 0 Å². The molecule has 5 heteroatoms. The smallest absolute Gasteiger partial charge is 0.239 e. The fraction of sp³-hybridized carbons (Fsp3) is 0.667. The Kier molecular flexibility index (Phi) is 5.61. The van der Waals surface area contributed by atoms with Crippen LogP contribution < -0.4 is 10.6 Å². The van der Waals surface area contributed by atoms with Crippen molar-refractivity contribution in [1.82, 2.24) is 15.2 Å². The van der Waals surface area contributed by atoms with Crippen LogP contribution in [-0.2, 0) is 22.5 Å². The van der Waals surface area contributed by atoms with Crippen molar-refractivity contribution in [3.05, 3.63) is 23.5 Å². The minimum Gasteiger partial charge on any atom is -0.383 e. The van der Waals surface area contributed by atoms with Crippen molar-refractivity contribution < 1.29 is 9.53 Å². The molecule has 0 spiro atoms. The van der Waals surface area contributed by atoms with Crippen LogP contribution in [0, 0.1) is 0 Å². The van der Waals surface area contributed by atoms with Gasteiger partial charge in [0.1, 0.15) is 6.54 Å². The standard InChI is InChI=1S/C15H25N3O2/c1-3-16-14-6-4-5-12-9-18(10-13(12)14)11-15(19)17-7-8-20-2/h9-10,14,16H,3-8,11H2,1-2H3,(H,17,19). The number of aromatic nitrogens is 1. The van der Waals surface area contributed by atoms with E-state index < -0.39 is 0 Å². The first-order chi connectivity index (χ1) is 9.74. The molecule has 112 valence electrons. The van der Waals surface area contributed by atoms with Gasteiger partial charge in [-0.05, 0) is 36.9 Å². The molecule has 2 N–H and O–H groups in total. The summed E-state index contributed by atoms with van der Waals surface area (Å²) >= 11 is 0. The summed E-state index contributed by atoms with van der Waals surface area (Å²) in [4.78, 5) is 11.8. The zero-order valence-electron chi connectivity index (χ0n) is 12.4. The van der Waals surface area contributed by atoms with Gasteiger partial charge in [0.2, 0.25) is 5.91 Å². The van der Waals surface area contributed by atoms with Crippen LogP contribution in [0.4, 0.5) is 0 Å². The second-order valence-corrected chi connectivity index (χ2v) is 5.26. The van der Waals surface area contributed by atoms with Crippen molar-refractivity contribution in [3.8, 4) is 0 Å². The van der Waals surface area contributed by atoms with Crippen LogP contribution in [-0.4, -0.2) is 37.3 Å². The number of carbonyl (C=O) groups excluding carboxylic acids is 1. The minimum atomic E-state index is 0.0365. The van der Waals surface area contributed by atoms with Crippen molar-refractivity contribution in [2.75, 3.05) is 26.8 Å². The third-order valence-corrected chi connectivity index (χ3v) is 3.72. The monoisotopic (exact) mass is 279 g/mol. The summed E-state index contributed by atoms with van der Waals surface area (Å²) in [6.45, 7) is 4.61. The van der Waals surface area contributed by atoms with Gasteiger partial charge in [-0.3, -0.25) is 4.79 Å². The molecular weight excluding hydrogens is 254 g/mol. The number of fused-ring (bicyclic) bond motifs is 1. The maximum Gasteiger partial charge on any atom is 0.239 e. The summed E-state index contributed by atoms with van der Waals surface area (Å²) in [7, 11) is 1.63. The number of rotatable bonds is 7. The summed E-state index contributed by atoms with van der Waals surface area (Å²) in [6.07, 6.45) is 7.77. The highest BCUT2D eigenvalue weighted by molar-refractivity contribution is 5.75. The van der Waals surface area contributed by atoms with Gasteiger partial charge in [0.15, 0.2) is 0 Å². The van der Waals surface area contributed by atoms with Gasteiger partial charge in [0.25, 0.3) is 0 Å². The molecular formula is C15H25N3O2. The molecule has 0 aromatic carbocycles. The lowest BCUT2D eigenvalue weighted by atomic mass is 9.91. The second kappa shape index (κ2) is 7.45. The summed E-state index contributed by atoms with van der Waals surface area (Å²) in [5.74, 6) is 0.0365. The van der Waals surface area contributed by atoms with Gasteiger partial charge >= 0.3 is 0 Å². The Bertz CT molecular complexity index is 442. The van der Waals surface area contributed by atoms with E-state index in [2.05, 4.69) is 30.0 Å². The molecule has 0 saturated heterocycles. The molecule has 1 aromatic heterocycles. The van der Waals surface area contributed by atoms with E-state index in [-0.39, 0.29) is 5.91 Å². The number of methoxy groups -OCH3 is 1. The first kappa shape index (κ1) is 15.1. The summed E-state index contributed by atoms with van der Waals surface area (Å²) in [6, 6.07) is 0.446. The maximum absolute atomic E-state index is 11.8. The van der Waals surface area contributed by atoms with Crippen molar-refractivity contribution in [2.24, 2.45) is 0 Å². The van der Waals surface area contributed by atoms with E-state index in [0.29, 0.717) is 25.7 Å². The Morgan fingerprint density at radius 2 is 2.35 bits per heavy atom. The molecule has 1 aromatic rings. The highest BCUT2D eigenvalue weighted by atomic mass is 16.5. The normalized spacial score (nSPS) is 17.8. The topological polar surface area (TPSA) is 55.3 Å². The lowest BCUT2D eigenvalue weighted by Gasteiger charge is -2.22. The molecule has 0 aliphatic heterocycles. The van der Waals surface area contributed by atoms with E-state index in [9.17, 15) is 4.79 Å². The minimum absolute atomic E-state index is 0.0365. The Labute approximate surface area is 120 Å². The molecule has 0 fully saturated rings. The largest absolute Gasteiger partial charge is 0.383 e. The van der Waals surface area contributed by atoms with Gasteiger partial charge in [0.05, 0.1) is 6.61 Å². The highest BCUT2D eigenvalue weighted by Gasteiger charge is 2.21. The molecule has 1 aliphatic carbocycles. The number of amides is 1. The zero-order valence-corrected chi connectivity index (χ0v) is 12.4. The molecule has 0 bridgehead atoms. The van der Waals surface area contributed by atoms with E-state index >= 15 is 0 Å². The van der Waals surface area contributed by atoms with E-state index in [1.165, 1.54) is 24.0 Å². The number of hydrogen-bond donors (Lipinski definition) is 2. The van der Waals surface area contributed by atoms with Crippen molar-refractivity contribution >= 4 is 5.91 Å². The predicted octanol–water partition coefficient (Wildman–Crippen LogP) is 1.24. The first-order valence-electron chi connectivity index (χ1n) is 7.42. The molecule has 1 atom stereocenters. The fourth-order valence-electron chi connectivity index (χ4n) is 2.81. The van der Waals surface area contributed by atoms with Gasteiger partial charge in [-0.25, -0.2) is 0 Å². The van der Waals surface area contributed by atoms with Crippen LogP contribution in [0.25, 0.3) is 0 Å². The van der Waals surface area contributed by atoms with Crippen molar-refractivity contribution in [2.45, 2.75) is 38.8 Å². The number of aryl methyl sites for hydroxylation is 1. The number of hydrogen-bond acceptors (Lipinski definition) is 3. The van der Waals surface area contributed by atoms with E-state index in [1.54, 1.807) is 7.11 Å². The van der Waals surface area contributed by atoms with Crippen LogP contribution in [0.1, 0.15) is 36.9 Å². The van der Waals surface area contributed by atoms with Gasteiger partial charge < -0.3 is 19.9 Å². The lowest BCUT2D eigenvalue weighted by molar-refractivity contribution is -0.121. The molecule has 1 unspecified atom stereocenters. The van der Waals surface area contributed by atoms with Crippen molar-refractivity contribution in [3.63, 3.8) is 0 Å². The summed E-state index contributed by atoms with van der Waals surface area (Å²) in [5, 5.41) is 6.37. The molecule has 0 radical (unpaired) electrons. The van der Waals surface area contributed by atoms with Crippen molar-refractivity contribution in [1.29, 1.82) is 0 Å². The predicted molar refractivity (Wildman–Crippen MR) is 78.7 cm³/mol. The zero-order chi connectivity index (χ0) is 14.4. The van der Waals surface area contributed by atoms with Crippen LogP contribution in [0.15, 0.2) is 12.4 Å². The Hall–Kier alpha value is -1.33. The van der Waals surface area contributed by atoms with Gasteiger partial charge in [-0.1, -0.05) is 6.92 Å². The summed E-state index contributed by atoms with van der Waals surface area (Å²) < 4.78 is 6.92. The SMILES string of the molecule is CCNC1CCCc2cn(CC(=O)NCCOC)cc21. The quantitative estimate of drug-likeness (QED) is 0.738. The molecule has 1 aliphatic rings. The number of carbonyl (C=O) groups is 1. The fourth-order valence-corrected chi connectivity index (χ4v) is 2.81. The van der Waals surface area contributed by atoms with Gasteiger partial charge in [-0.2, -0.15) is 0 Å². The number of ether oxygens (including phenoxy) is 1. The third kappa shape index (κ3) is 3.84. The van der Waals surface area contributed by atoms with E-state index in [1.807, 2.05) is 4.57 Å². The number of nitrogens with zero attached hydrogens (tertiary/aromatic N) is 1. The van der Waals surface area contributed by atoms with Gasteiger partial charge in [-0.15, -0.1) is 0 Å². The van der Waals surface area contributed by atoms with Crippen LogP contribution >= 0.6 is 0 Å². The second-order valence-electron chi connectivity index (χ2n) is 5.26. The third-order valence-electron chi connectivity index (χ3n) is 3.72. The molecule has 5 nitrogen and oxygen atoms in total. The highest BCUT2D eigenvalue weighted by Crippen LogP contribution is 2.30. The van der Waals surface area contributed by atoms with E-state index in [4.69, 9.17) is 4.74 Å². The average Bonchev–Trinajstić information content (AvgIpc) is 2.83. The molecule has 1 amide bonds. The molecule has 2 rings (SSSR count).